The van der Waals surface area contributed by atoms with Gasteiger partial charge in [-0.2, -0.15) is 0 Å². The van der Waals surface area contributed by atoms with Gasteiger partial charge in [0.15, 0.2) is 0 Å². The predicted octanol–water partition coefficient (Wildman–Crippen LogP) is 2.04. The van der Waals surface area contributed by atoms with E-state index < -0.39 is 35.7 Å². The molecule has 4 amide bonds. The average molecular weight is 367 g/mol. The molecule has 1 fully saturated rings. The molecule has 1 aromatic carbocycles. The topological polar surface area (TPSA) is 84.0 Å². The van der Waals surface area contributed by atoms with Crippen LogP contribution >= 0.6 is 11.6 Å². The molecule has 1 heterocycles. The molecule has 0 aromatic heterocycles. The van der Waals surface area contributed by atoms with E-state index in [4.69, 9.17) is 16.3 Å². The van der Waals surface area contributed by atoms with E-state index in [1.807, 2.05) is 0 Å². The van der Waals surface area contributed by atoms with E-state index in [0.717, 1.165) is 9.80 Å². The van der Waals surface area contributed by atoms with Crippen LogP contribution in [0.3, 0.4) is 0 Å². The highest BCUT2D eigenvalue weighted by atomic mass is 35.5. The minimum absolute atomic E-state index is 0.159. The maximum Gasteiger partial charge on any atom is 0.332 e. The second-order valence-electron chi connectivity index (χ2n) is 5.72. The summed E-state index contributed by atoms with van der Waals surface area (Å²) in [5, 5.41) is 0.490. The van der Waals surface area contributed by atoms with Gasteiger partial charge in [-0.05, 0) is 24.6 Å². The van der Waals surface area contributed by atoms with Gasteiger partial charge in [-0.1, -0.05) is 23.7 Å². The Morgan fingerprint density at radius 3 is 2.12 bits per heavy atom. The first kappa shape index (κ1) is 18.9. The Morgan fingerprint density at radius 1 is 1.12 bits per heavy atom. The van der Waals surface area contributed by atoms with E-state index in [1.165, 1.54) is 14.1 Å². The van der Waals surface area contributed by atoms with Crippen molar-refractivity contribution in [2.24, 2.45) is 5.92 Å². The molecule has 1 unspecified atom stereocenters. The number of hydrogen-bond donors (Lipinski definition) is 0. The average Bonchev–Trinajstić information content (AvgIpc) is 2.58. The van der Waals surface area contributed by atoms with Gasteiger partial charge in [0.1, 0.15) is 5.92 Å². The van der Waals surface area contributed by atoms with Crippen LogP contribution in [0.5, 0.6) is 0 Å². The van der Waals surface area contributed by atoms with Gasteiger partial charge in [0.2, 0.25) is 11.8 Å². The maximum atomic E-state index is 12.6. The quantitative estimate of drug-likeness (QED) is 0.588. The van der Waals surface area contributed by atoms with Crippen molar-refractivity contribution in [2.45, 2.75) is 19.3 Å². The molecule has 134 valence electrons. The van der Waals surface area contributed by atoms with Crippen molar-refractivity contribution in [3.8, 4) is 0 Å². The van der Waals surface area contributed by atoms with Crippen molar-refractivity contribution < 1.29 is 23.9 Å². The molecule has 1 aliphatic heterocycles. The molecule has 0 bridgehead atoms. The standard InChI is InChI=1S/C17H19ClN2O5/c1-4-25-13(21)9-12(10-5-7-11(18)8-6-10)14-15(22)19(2)17(24)20(3)16(14)23/h5-8,12,14H,4,9H2,1-3H3. The lowest BCUT2D eigenvalue weighted by Gasteiger charge is -2.36. The Morgan fingerprint density at radius 2 is 1.64 bits per heavy atom. The summed E-state index contributed by atoms with van der Waals surface area (Å²) in [5.41, 5.74) is 0.598. The first-order valence-corrected chi connectivity index (χ1v) is 8.15. The highest BCUT2D eigenvalue weighted by molar-refractivity contribution is 6.30. The fourth-order valence-electron chi connectivity index (χ4n) is 2.82. The molecule has 0 saturated carbocycles. The van der Waals surface area contributed by atoms with Gasteiger partial charge in [-0.25, -0.2) is 4.79 Å². The van der Waals surface area contributed by atoms with Gasteiger partial charge >= 0.3 is 12.0 Å². The van der Waals surface area contributed by atoms with Crippen molar-refractivity contribution in [1.29, 1.82) is 0 Å². The van der Waals surface area contributed by atoms with Gasteiger partial charge in [0, 0.05) is 25.0 Å². The number of hydrogen-bond acceptors (Lipinski definition) is 5. The number of benzene rings is 1. The summed E-state index contributed by atoms with van der Waals surface area (Å²) >= 11 is 5.89. The summed E-state index contributed by atoms with van der Waals surface area (Å²) in [7, 11) is 2.62. The second-order valence-corrected chi connectivity index (χ2v) is 6.16. The van der Waals surface area contributed by atoms with Crippen LogP contribution < -0.4 is 0 Å². The summed E-state index contributed by atoms with van der Waals surface area (Å²) in [6.07, 6.45) is -0.159. The molecule has 0 N–H and O–H groups in total. The summed E-state index contributed by atoms with van der Waals surface area (Å²) in [5.74, 6) is -3.74. The Hall–Kier alpha value is -2.41. The normalized spacial score (nSPS) is 17.0. The lowest BCUT2D eigenvalue weighted by Crippen LogP contribution is -2.58. The monoisotopic (exact) mass is 366 g/mol. The number of urea groups is 1. The lowest BCUT2D eigenvalue weighted by atomic mass is 9.81. The summed E-state index contributed by atoms with van der Waals surface area (Å²) in [6.45, 7) is 1.86. The van der Waals surface area contributed by atoms with Gasteiger partial charge in [0.25, 0.3) is 0 Å². The first-order chi connectivity index (χ1) is 11.8. The van der Waals surface area contributed by atoms with E-state index >= 15 is 0 Å². The number of ether oxygens (including phenoxy) is 1. The number of halogens is 1. The van der Waals surface area contributed by atoms with Gasteiger partial charge in [0.05, 0.1) is 13.0 Å². The van der Waals surface area contributed by atoms with Crippen molar-refractivity contribution in [2.75, 3.05) is 20.7 Å². The fraction of sp³-hybridized carbons (Fsp3) is 0.412. The molecular weight excluding hydrogens is 348 g/mol. The van der Waals surface area contributed by atoms with E-state index in [-0.39, 0.29) is 13.0 Å². The number of carbonyl (C=O) groups excluding carboxylic acids is 4. The van der Waals surface area contributed by atoms with E-state index in [0.29, 0.717) is 10.6 Å². The van der Waals surface area contributed by atoms with Crippen LogP contribution in [0.1, 0.15) is 24.8 Å². The molecule has 25 heavy (non-hydrogen) atoms. The number of esters is 1. The lowest BCUT2D eigenvalue weighted by molar-refractivity contribution is -0.150. The zero-order valence-corrected chi connectivity index (χ0v) is 14.9. The second kappa shape index (κ2) is 7.65. The fourth-order valence-corrected chi connectivity index (χ4v) is 2.94. The van der Waals surface area contributed by atoms with Crippen LogP contribution in [0.2, 0.25) is 5.02 Å². The molecule has 0 radical (unpaired) electrons. The molecule has 2 rings (SSSR count). The largest absolute Gasteiger partial charge is 0.466 e. The molecule has 0 spiro atoms. The first-order valence-electron chi connectivity index (χ1n) is 7.78. The van der Waals surface area contributed by atoms with E-state index in [9.17, 15) is 19.2 Å². The molecule has 0 aliphatic carbocycles. The van der Waals surface area contributed by atoms with Gasteiger partial charge < -0.3 is 4.74 Å². The minimum Gasteiger partial charge on any atom is -0.466 e. The van der Waals surface area contributed by atoms with Crippen molar-refractivity contribution in [3.63, 3.8) is 0 Å². The van der Waals surface area contributed by atoms with Crippen LogP contribution in [0.15, 0.2) is 24.3 Å². The number of amides is 4. The van der Waals surface area contributed by atoms with E-state index in [2.05, 4.69) is 0 Å². The smallest absolute Gasteiger partial charge is 0.332 e. The number of nitrogens with zero attached hydrogens (tertiary/aromatic N) is 2. The zero-order chi connectivity index (χ0) is 18.7. The molecular formula is C17H19ClN2O5. The van der Waals surface area contributed by atoms with Crippen LogP contribution in [0, 0.1) is 5.92 Å². The third kappa shape index (κ3) is 3.82. The van der Waals surface area contributed by atoms with Crippen molar-refractivity contribution in [1.82, 2.24) is 9.80 Å². The predicted molar refractivity (Wildman–Crippen MR) is 89.9 cm³/mol. The third-order valence-electron chi connectivity index (χ3n) is 4.16. The molecule has 1 aliphatic rings. The van der Waals surface area contributed by atoms with Crippen LogP contribution in [0.25, 0.3) is 0 Å². The Labute approximate surface area is 150 Å². The third-order valence-corrected chi connectivity index (χ3v) is 4.41. The van der Waals surface area contributed by atoms with Crippen molar-refractivity contribution in [3.05, 3.63) is 34.9 Å². The van der Waals surface area contributed by atoms with Gasteiger partial charge in [-0.15, -0.1) is 0 Å². The van der Waals surface area contributed by atoms with Gasteiger partial charge in [-0.3, -0.25) is 24.2 Å². The number of rotatable bonds is 5. The summed E-state index contributed by atoms with van der Waals surface area (Å²) in [6, 6.07) is 5.85. The molecule has 1 atom stereocenters. The number of barbiturate groups is 1. The molecule has 7 nitrogen and oxygen atoms in total. The zero-order valence-electron chi connectivity index (χ0n) is 14.2. The van der Waals surface area contributed by atoms with Crippen molar-refractivity contribution >= 4 is 35.4 Å². The highest BCUT2D eigenvalue weighted by Gasteiger charge is 2.47. The highest BCUT2D eigenvalue weighted by Crippen LogP contribution is 2.34. The summed E-state index contributed by atoms with van der Waals surface area (Å²) < 4.78 is 4.97. The summed E-state index contributed by atoms with van der Waals surface area (Å²) in [4.78, 5) is 50.9. The number of carbonyl (C=O) groups is 4. The molecule has 1 saturated heterocycles. The SMILES string of the molecule is CCOC(=O)CC(c1ccc(Cl)cc1)C1C(=O)N(C)C(=O)N(C)C1=O. The molecule has 1 aromatic rings. The minimum atomic E-state index is -1.18. The van der Waals surface area contributed by atoms with Crippen LogP contribution in [0.4, 0.5) is 4.79 Å². The van der Waals surface area contributed by atoms with Crippen LogP contribution in [-0.2, 0) is 19.1 Å². The van der Waals surface area contributed by atoms with Crippen LogP contribution in [-0.4, -0.2) is 54.3 Å². The van der Waals surface area contributed by atoms with E-state index in [1.54, 1.807) is 31.2 Å². The Bertz CT molecular complexity index is 679. The Balaban J connectivity index is 2.44. The molecule has 8 heteroatoms. The number of imide groups is 2. The Kier molecular flexibility index (Phi) is 5.79. The maximum absolute atomic E-state index is 12.6.